The second-order valence-electron chi connectivity index (χ2n) is 10.0. The van der Waals surface area contributed by atoms with E-state index >= 15 is 0 Å². The molecule has 1 heterocycles. The molecule has 0 radical (unpaired) electrons. The molecule has 2 N–H and O–H groups in total. The summed E-state index contributed by atoms with van der Waals surface area (Å²) >= 11 is 0. The van der Waals surface area contributed by atoms with E-state index in [1.165, 1.54) is 12.7 Å². The summed E-state index contributed by atoms with van der Waals surface area (Å²) in [4.78, 5) is 37.9. The average Bonchev–Trinajstić information content (AvgIpc) is 2.95. The number of amides is 1. The molecule has 0 atom stereocenters. The Morgan fingerprint density at radius 1 is 0.974 bits per heavy atom. The number of methoxy groups -OCH3 is 1. The standard InChI is InChI=1S/C30H38N4O5/c1-21-11-10-14-23(17-21)33-29-24-18-27(26(37-2)19-25(24)31-20-32-29)38-16-9-4-3-8-15-28(35)34-39-30(36)22-12-6-5-7-13-22/h10-11,14,17-20,22H,3-9,12-13,15-16H2,1-2H3,(H,34,35)(H,31,32,33). The molecule has 1 fully saturated rings. The minimum atomic E-state index is -0.311. The van der Waals surface area contributed by atoms with Gasteiger partial charge in [-0.1, -0.05) is 44.2 Å². The van der Waals surface area contributed by atoms with Crippen molar-refractivity contribution in [2.75, 3.05) is 19.0 Å². The number of aromatic nitrogens is 2. The van der Waals surface area contributed by atoms with Gasteiger partial charge in [-0.15, -0.1) is 0 Å². The first kappa shape index (κ1) is 28.1. The summed E-state index contributed by atoms with van der Waals surface area (Å²) in [6, 6.07) is 11.9. The zero-order chi connectivity index (χ0) is 27.5. The third-order valence-corrected chi connectivity index (χ3v) is 6.96. The van der Waals surface area contributed by atoms with Crippen LogP contribution in [0.2, 0.25) is 0 Å². The van der Waals surface area contributed by atoms with Gasteiger partial charge in [-0.05, 0) is 56.4 Å². The van der Waals surface area contributed by atoms with Crippen LogP contribution in [0, 0.1) is 12.8 Å². The molecule has 9 nitrogen and oxygen atoms in total. The molecule has 0 aliphatic heterocycles. The summed E-state index contributed by atoms with van der Waals surface area (Å²) in [5.74, 6) is 1.29. The van der Waals surface area contributed by atoms with Crippen molar-refractivity contribution in [2.45, 2.75) is 71.1 Å². The Bertz CT molecular complexity index is 1260. The summed E-state index contributed by atoms with van der Waals surface area (Å²) in [5.41, 5.74) is 5.17. The fourth-order valence-electron chi connectivity index (χ4n) is 4.80. The van der Waals surface area contributed by atoms with Crippen molar-refractivity contribution in [3.63, 3.8) is 0 Å². The zero-order valence-corrected chi connectivity index (χ0v) is 22.8. The lowest BCUT2D eigenvalue weighted by Gasteiger charge is -2.19. The molecule has 1 aromatic heterocycles. The SMILES string of the molecule is COc1cc2ncnc(Nc3cccc(C)c3)c2cc1OCCCCCCC(=O)NOC(=O)C1CCCCC1. The van der Waals surface area contributed by atoms with E-state index in [2.05, 4.69) is 26.8 Å². The van der Waals surface area contributed by atoms with E-state index in [0.717, 1.165) is 73.5 Å². The van der Waals surface area contributed by atoms with Crippen molar-refractivity contribution in [1.82, 2.24) is 15.4 Å². The normalized spacial score (nSPS) is 13.6. The van der Waals surface area contributed by atoms with Gasteiger partial charge in [-0.2, -0.15) is 5.48 Å². The lowest BCUT2D eigenvalue weighted by atomic mass is 9.89. The van der Waals surface area contributed by atoms with E-state index in [1.54, 1.807) is 7.11 Å². The van der Waals surface area contributed by atoms with Gasteiger partial charge in [0.1, 0.15) is 12.1 Å². The number of fused-ring (bicyclic) bond motifs is 1. The van der Waals surface area contributed by atoms with Crippen LogP contribution in [-0.4, -0.2) is 35.6 Å². The fourth-order valence-corrected chi connectivity index (χ4v) is 4.80. The first-order valence-electron chi connectivity index (χ1n) is 13.8. The van der Waals surface area contributed by atoms with Crippen LogP contribution in [0.25, 0.3) is 10.9 Å². The van der Waals surface area contributed by atoms with E-state index in [9.17, 15) is 9.59 Å². The van der Waals surface area contributed by atoms with Gasteiger partial charge in [-0.25, -0.2) is 14.8 Å². The second-order valence-corrected chi connectivity index (χ2v) is 10.0. The summed E-state index contributed by atoms with van der Waals surface area (Å²) in [5, 5.41) is 4.21. The number of benzene rings is 2. The fraction of sp³-hybridized carbons (Fsp3) is 0.467. The Balaban J connectivity index is 1.21. The topological polar surface area (TPSA) is 112 Å². The van der Waals surface area contributed by atoms with Gasteiger partial charge in [0.2, 0.25) is 0 Å². The number of hydrogen-bond donors (Lipinski definition) is 2. The largest absolute Gasteiger partial charge is 0.493 e. The Morgan fingerprint density at radius 3 is 2.59 bits per heavy atom. The maximum absolute atomic E-state index is 12.0. The molecule has 1 saturated carbocycles. The number of nitrogens with zero attached hydrogens (tertiary/aromatic N) is 2. The minimum Gasteiger partial charge on any atom is -0.493 e. The summed E-state index contributed by atoms with van der Waals surface area (Å²) in [7, 11) is 1.61. The van der Waals surface area contributed by atoms with Crippen molar-refractivity contribution < 1.29 is 23.9 Å². The molecule has 1 aliphatic rings. The van der Waals surface area contributed by atoms with Gasteiger partial charge in [-0.3, -0.25) is 4.79 Å². The van der Waals surface area contributed by atoms with Crippen LogP contribution in [0.3, 0.4) is 0 Å². The molecule has 0 bridgehead atoms. The molecule has 2 aromatic carbocycles. The number of hydroxylamine groups is 1. The number of rotatable bonds is 12. The van der Waals surface area contributed by atoms with Gasteiger partial charge in [0.05, 0.1) is 25.2 Å². The van der Waals surface area contributed by atoms with Crippen molar-refractivity contribution >= 4 is 34.3 Å². The molecule has 39 heavy (non-hydrogen) atoms. The third kappa shape index (κ3) is 8.30. The molecule has 1 aliphatic carbocycles. The number of hydrogen-bond acceptors (Lipinski definition) is 8. The number of ether oxygens (including phenoxy) is 2. The van der Waals surface area contributed by atoms with Gasteiger partial charge in [0, 0.05) is 23.6 Å². The third-order valence-electron chi connectivity index (χ3n) is 6.96. The molecule has 0 unspecified atom stereocenters. The number of aryl methyl sites for hydroxylation is 1. The molecule has 0 spiro atoms. The van der Waals surface area contributed by atoms with Crippen molar-refractivity contribution in [1.29, 1.82) is 0 Å². The second kappa shape index (κ2) is 14.3. The van der Waals surface area contributed by atoms with Crippen LogP contribution in [0.4, 0.5) is 11.5 Å². The van der Waals surface area contributed by atoms with Gasteiger partial charge >= 0.3 is 5.97 Å². The molecule has 1 amide bonds. The molecular weight excluding hydrogens is 496 g/mol. The molecular formula is C30H38N4O5. The Morgan fingerprint density at radius 2 is 1.79 bits per heavy atom. The lowest BCUT2D eigenvalue weighted by molar-refractivity contribution is -0.163. The van der Waals surface area contributed by atoms with Crippen molar-refractivity contribution in [3.05, 3.63) is 48.3 Å². The predicted octanol–water partition coefficient (Wildman–Crippen LogP) is 6.17. The predicted molar refractivity (Wildman–Crippen MR) is 150 cm³/mol. The summed E-state index contributed by atoms with van der Waals surface area (Å²) in [6.07, 6.45) is 10.2. The van der Waals surface area contributed by atoms with Crippen molar-refractivity contribution in [3.8, 4) is 11.5 Å². The maximum Gasteiger partial charge on any atom is 0.335 e. The highest BCUT2D eigenvalue weighted by Gasteiger charge is 2.23. The molecule has 9 heteroatoms. The van der Waals surface area contributed by atoms with Crippen LogP contribution in [0.5, 0.6) is 11.5 Å². The number of carbonyl (C=O) groups excluding carboxylic acids is 2. The Kier molecular flexibility index (Phi) is 10.3. The van der Waals surface area contributed by atoms with Crippen LogP contribution >= 0.6 is 0 Å². The van der Waals surface area contributed by atoms with Crippen LogP contribution in [0.15, 0.2) is 42.7 Å². The van der Waals surface area contributed by atoms with Crippen LogP contribution < -0.4 is 20.3 Å². The van der Waals surface area contributed by atoms with E-state index in [1.807, 2.05) is 37.3 Å². The van der Waals surface area contributed by atoms with E-state index in [4.69, 9.17) is 14.3 Å². The molecule has 3 aromatic rings. The van der Waals surface area contributed by atoms with Crippen LogP contribution in [-0.2, 0) is 14.4 Å². The highest BCUT2D eigenvalue weighted by molar-refractivity contribution is 5.93. The number of carbonyl (C=O) groups is 2. The van der Waals surface area contributed by atoms with Gasteiger partial charge in [0.15, 0.2) is 11.5 Å². The smallest absolute Gasteiger partial charge is 0.335 e. The molecule has 4 rings (SSSR count). The quantitative estimate of drug-likeness (QED) is 0.209. The summed E-state index contributed by atoms with van der Waals surface area (Å²) < 4.78 is 11.6. The lowest BCUT2D eigenvalue weighted by Crippen LogP contribution is -2.31. The first-order valence-corrected chi connectivity index (χ1v) is 13.8. The van der Waals surface area contributed by atoms with Gasteiger partial charge in [0.25, 0.3) is 5.91 Å². The van der Waals surface area contributed by atoms with E-state index in [0.29, 0.717) is 30.3 Å². The van der Waals surface area contributed by atoms with E-state index < -0.39 is 0 Å². The minimum absolute atomic E-state index is 0.0798. The highest BCUT2D eigenvalue weighted by Crippen LogP contribution is 2.35. The zero-order valence-electron chi connectivity index (χ0n) is 22.8. The number of unbranched alkanes of at least 4 members (excludes halogenated alkanes) is 3. The van der Waals surface area contributed by atoms with Crippen molar-refractivity contribution in [2.24, 2.45) is 5.92 Å². The Hall–Kier alpha value is -3.88. The highest BCUT2D eigenvalue weighted by atomic mass is 16.7. The van der Waals surface area contributed by atoms with E-state index in [-0.39, 0.29) is 17.8 Å². The summed E-state index contributed by atoms with van der Waals surface area (Å²) in [6.45, 7) is 2.56. The Labute approximate surface area is 229 Å². The number of nitrogens with one attached hydrogen (secondary N) is 2. The monoisotopic (exact) mass is 534 g/mol. The maximum atomic E-state index is 12.0. The van der Waals surface area contributed by atoms with Crippen LogP contribution in [0.1, 0.15) is 69.8 Å². The first-order chi connectivity index (χ1) is 19.0. The molecule has 208 valence electrons. The number of anilines is 2. The van der Waals surface area contributed by atoms with Gasteiger partial charge < -0.3 is 19.6 Å². The average molecular weight is 535 g/mol. The molecule has 0 saturated heterocycles.